The van der Waals surface area contributed by atoms with E-state index in [1.807, 2.05) is 0 Å². The molecule has 0 bridgehead atoms. The van der Waals surface area contributed by atoms with Crippen molar-refractivity contribution >= 4 is 0 Å². The van der Waals surface area contributed by atoms with E-state index in [4.69, 9.17) is 0 Å². The largest absolute Gasteiger partial charge is 0.309 e. The molecular formula is C18H30N2. The summed E-state index contributed by atoms with van der Waals surface area (Å²) in [6, 6.07) is 11.4. The van der Waals surface area contributed by atoms with Crippen LogP contribution in [0.1, 0.15) is 51.6 Å². The fourth-order valence-corrected chi connectivity index (χ4v) is 3.39. The lowest BCUT2D eigenvalue weighted by Crippen LogP contribution is -2.42. The van der Waals surface area contributed by atoms with Crippen molar-refractivity contribution < 1.29 is 0 Å². The molecular weight excluding hydrogens is 244 g/mol. The number of benzene rings is 1. The molecule has 0 radical (unpaired) electrons. The zero-order chi connectivity index (χ0) is 14.4. The Kier molecular flexibility index (Phi) is 5.62. The summed E-state index contributed by atoms with van der Waals surface area (Å²) in [4.78, 5) is 2.63. The molecule has 2 rings (SSSR count). The van der Waals surface area contributed by atoms with E-state index in [1.54, 1.807) is 0 Å². The second-order valence-corrected chi connectivity index (χ2v) is 6.77. The van der Waals surface area contributed by atoms with Gasteiger partial charge in [0, 0.05) is 12.6 Å². The van der Waals surface area contributed by atoms with Crippen molar-refractivity contribution in [1.29, 1.82) is 0 Å². The zero-order valence-electron chi connectivity index (χ0n) is 13.4. The van der Waals surface area contributed by atoms with Crippen molar-refractivity contribution in [3.8, 4) is 0 Å². The summed E-state index contributed by atoms with van der Waals surface area (Å²) >= 11 is 0. The average molecular weight is 274 g/mol. The van der Waals surface area contributed by atoms with Crippen LogP contribution in [0.5, 0.6) is 0 Å². The third-order valence-electron chi connectivity index (χ3n) is 4.34. The zero-order valence-corrected chi connectivity index (χ0v) is 13.4. The van der Waals surface area contributed by atoms with Crippen LogP contribution in [0.15, 0.2) is 30.3 Å². The van der Waals surface area contributed by atoms with Gasteiger partial charge in [-0.2, -0.15) is 0 Å². The fraction of sp³-hybridized carbons (Fsp3) is 0.667. The maximum Gasteiger partial charge on any atom is 0.0384 e. The van der Waals surface area contributed by atoms with E-state index in [0.717, 1.165) is 6.54 Å². The van der Waals surface area contributed by atoms with Crippen LogP contribution in [-0.4, -0.2) is 31.1 Å². The van der Waals surface area contributed by atoms with Crippen molar-refractivity contribution in [1.82, 2.24) is 10.2 Å². The molecule has 1 atom stereocenters. The number of hydrogen-bond donors (Lipinski definition) is 1. The van der Waals surface area contributed by atoms with Gasteiger partial charge in [0.05, 0.1) is 0 Å². The molecule has 1 heterocycles. The van der Waals surface area contributed by atoms with Gasteiger partial charge in [0.1, 0.15) is 0 Å². The van der Waals surface area contributed by atoms with E-state index < -0.39 is 0 Å². The quantitative estimate of drug-likeness (QED) is 0.812. The lowest BCUT2D eigenvalue weighted by Gasteiger charge is -2.38. The van der Waals surface area contributed by atoms with Crippen LogP contribution in [-0.2, 0) is 0 Å². The summed E-state index contributed by atoms with van der Waals surface area (Å²) in [7, 11) is 0. The van der Waals surface area contributed by atoms with Crippen molar-refractivity contribution in [2.24, 2.45) is 5.41 Å². The molecule has 1 aliphatic rings. The summed E-state index contributed by atoms with van der Waals surface area (Å²) in [6.07, 6.45) is 3.92. The van der Waals surface area contributed by atoms with Gasteiger partial charge < -0.3 is 10.2 Å². The van der Waals surface area contributed by atoms with Gasteiger partial charge >= 0.3 is 0 Å². The van der Waals surface area contributed by atoms with Crippen LogP contribution in [0, 0.1) is 5.41 Å². The molecule has 0 aromatic heterocycles. The van der Waals surface area contributed by atoms with Crippen LogP contribution >= 0.6 is 0 Å². The maximum absolute atomic E-state index is 3.77. The Hall–Kier alpha value is -0.860. The standard InChI is InChI=1S/C18H30N2/c1-4-12-19-17(16-10-6-5-7-11-16)18(2,3)15-20-13-8-9-14-20/h5-7,10-11,17,19H,4,8-9,12-15H2,1-3H3. The molecule has 1 N–H and O–H groups in total. The van der Waals surface area contributed by atoms with Crippen LogP contribution in [0.25, 0.3) is 0 Å². The van der Waals surface area contributed by atoms with Gasteiger partial charge in [-0.05, 0) is 49.9 Å². The molecule has 0 aliphatic carbocycles. The first kappa shape index (κ1) is 15.5. The minimum absolute atomic E-state index is 0.251. The number of nitrogens with zero attached hydrogens (tertiary/aromatic N) is 1. The number of likely N-dealkylation sites (tertiary alicyclic amines) is 1. The smallest absolute Gasteiger partial charge is 0.0384 e. The van der Waals surface area contributed by atoms with Gasteiger partial charge in [-0.1, -0.05) is 51.1 Å². The normalized spacial score (nSPS) is 18.4. The highest BCUT2D eigenvalue weighted by molar-refractivity contribution is 5.21. The fourth-order valence-electron chi connectivity index (χ4n) is 3.39. The Labute approximate surface area is 124 Å². The highest BCUT2D eigenvalue weighted by Crippen LogP contribution is 2.35. The molecule has 1 saturated heterocycles. The highest BCUT2D eigenvalue weighted by Gasteiger charge is 2.32. The molecule has 1 aliphatic heterocycles. The molecule has 1 unspecified atom stereocenters. The molecule has 2 nitrogen and oxygen atoms in total. The van der Waals surface area contributed by atoms with Gasteiger partial charge in [0.25, 0.3) is 0 Å². The number of rotatable bonds is 7. The number of nitrogens with one attached hydrogen (secondary N) is 1. The maximum atomic E-state index is 3.77. The Morgan fingerprint density at radius 2 is 1.80 bits per heavy atom. The molecule has 0 amide bonds. The van der Waals surface area contributed by atoms with E-state index in [0.29, 0.717) is 6.04 Å². The van der Waals surface area contributed by atoms with Crippen LogP contribution < -0.4 is 5.32 Å². The molecule has 1 aromatic rings. The topological polar surface area (TPSA) is 15.3 Å². The van der Waals surface area contributed by atoms with Gasteiger partial charge in [-0.3, -0.25) is 0 Å². The first-order chi connectivity index (χ1) is 9.63. The van der Waals surface area contributed by atoms with Crippen LogP contribution in [0.4, 0.5) is 0 Å². The first-order valence-corrected chi connectivity index (χ1v) is 8.14. The van der Waals surface area contributed by atoms with Gasteiger partial charge in [0.15, 0.2) is 0 Å². The molecule has 1 aromatic carbocycles. The summed E-state index contributed by atoms with van der Waals surface area (Å²) in [5, 5.41) is 3.77. The summed E-state index contributed by atoms with van der Waals surface area (Å²) < 4.78 is 0. The Balaban J connectivity index is 2.11. The minimum Gasteiger partial charge on any atom is -0.309 e. The average Bonchev–Trinajstić information content (AvgIpc) is 2.92. The van der Waals surface area contributed by atoms with Crippen LogP contribution in [0.2, 0.25) is 0 Å². The van der Waals surface area contributed by atoms with Crippen molar-refractivity contribution in [2.75, 3.05) is 26.2 Å². The Bertz CT molecular complexity index is 380. The van der Waals surface area contributed by atoms with E-state index in [1.165, 1.54) is 44.5 Å². The minimum atomic E-state index is 0.251. The van der Waals surface area contributed by atoms with Gasteiger partial charge in [-0.25, -0.2) is 0 Å². The molecule has 1 fully saturated rings. The predicted molar refractivity (Wildman–Crippen MR) is 86.9 cm³/mol. The molecule has 0 spiro atoms. The summed E-state index contributed by atoms with van der Waals surface area (Å²) in [5.41, 5.74) is 1.67. The van der Waals surface area contributed by atoms with E-state index in [2.05, 4.69) is 61.3 Å². The molecule has 2 heteroatoms. The van der Waals surface area contributed by atoms with E-state index >= 15 is 0 Å². The SMILES string of the molecule is CCCNC(c1ccccc1)C(C)(C)CN1CCCC1. The molecule has 112 valence electrons. The highest BCUT2D eigenvalue weighted by atomic mass is 15.1. The first-order valence-electron chi connectivity index (χ1n) is 8.14. The second kappa shape index (κ2) is 7.24. The lowest BCUT2D eigenvalue weighted by atomic mass is 9.79. The van der Waals surface area contributed by atoms with Gasteiger partial charge in [-0.15, -0.1) is 0 Å². The van der Waals surface area contributed by atoms with Gasteiger partial charge in [0.2, 0.25) is 0 Å². The summed E-state index contributed by atoms with van der Waals surface area (Å²) in [6.45, 7) is 11.9. The van der Waals surface area contributed by atoms with Crippen LogP contribution in [0.3, 0.4) is 0 Å². The Morgan fingerprint density at radius 1 is 1.15 bits per heavy atom. The van der Waals surface area contributed by atoms with Crippen molar-refractivity contribution in [3.05, 3.63) is 35.9 Å². The lowest BCUT2D eigenvalue weighted by molar-refractivity contribution is 0.156. The second-order valence-electron chi connectivity index (χ2n) is 6.77. The monoisotopic (exact) mass is 274 g/mol. The third kappa shape index (κ3) is 4.07. The Morgan fingerprint density at radius 3 is 2.40 bits per heavy atom. The number of hydrogen-bond acceptors (Lipinski definition) is 2. The van der Waals surface area contributed by atoms with Crippen molar-refractivity contribution in [2.45, 2.75) is 46.1 Å². The van der Waals surface area contributed by atoms with E-state index in [-0.39, 0.29) is 5.41 Å². The van der Waals surface area contributed by atoms with E-state index in [9.17, 15) is 0 Å². The van der Waals surface area contributed by atoms with Crippen molar-refractivity contribution in [3.63, 3.8) is 0 Å². The molecule has 0 saturated carbocycles. The summed E-state index contributed by atoms with van der Waals surface area (Å²) in [5.74, 6) is 0. The molecule has 20 heavy (non-hydrogen) atoms. The predicted octanol–water partition coefficient (Wildman–Crippen LogP) is 3.85. The third-order valence-corrected chi connectivity index (χ3v) is 4.34.